The number of carbonyl (C=O) groups excluding carboxylic acids is 4. The van der Waals surface area contributed by atoms with Gasteiger partial charge in [-0.1, -0.05) is 0 Å². The predicted molar refractivity (Wildman–Crippen MR) is 82.3 cm³/mol. The second kappa shape index (κ2) is 7.32. The lowest BCUT2D eigenvalue weighted by molar-refractivity contribution is -0.148. The number of Topliss-reactive ketones (excluding diaryl/α,β-unsaturated/α-hetero) is 2. The van der Waals surface area contributed by atoms with E-state index in [1.165, 1.54) is 0 Å². The van der Waals surface area contributed by atoms with Crippen LogP contribution in [0.4, 0.5) is 0 Å². The highest BCUT2D eigenvalue weighted by Crippen LogP contribution is 2.50. The van der Waals surface area contributed by atoms with Gasteiger partial charge in [-0.25, -0.2) is 0 Å². The number of ether oxygens (including phenoxy) is 2. The first-order valence-corrected chi connectivity index (χ1v) is 8.72. The molecule has 1 aliphatic carbocycles. The third-order valence-electron chi connectivity index (χ3n) is 3.12. The van der Waals surface area contributed by atoms with E-state index in [1.54, 1.807) is 13.8 Å². The summed E-state index contributed by atoms with van der Waals surface area (Å²) < 4.78 is 10.4. The second-order valence-corrected chi connectivity index (χ2v) is 7.15. The van der Waals surface area contributed by atoms with Crippen LogP contribution in [0.1, 0.15) is 26.7 Å². The molecule has 120 valence electrons. The number of carbonyl (C=O) groups is 4. The van der Waals surface area contributed by atoms with Crippen molar-refractivity contribution < 1.29 is 28.7 Å². The second-order valence-electron chi connectivity index (χ2n) is 4.59. The van der Waals surface area contributed by atoms with E-state index in [1.807, 2.05) is 0 Å². The summed E-state index contributed by atoms with van der Waals surface area (Å²) in [7, 11) is 0. The van der Waals surface area contributed by atoms with Crippen molar-refractivity contribution in [3.8, 4) is 0 Å². The Bertz CT molecular complexity index is 508. The molecule has 0 aromatic rings. The van der Waals surface area contributed by atoms with Crippen LogP contribution in [0, 0.1) is 0 Å². The monoisotopic (exact) mass is 344 g/mol. The average molecular weight is 344 g/mol. The molecule has 2 rings (SSSR count). The van der Waals surface area contributed by atoms with Crippen LogP contribution < -0.4 is 0 Å². The smallest absolute Gasteiger partial charge is 0.321 e. The Morgan fingerprint density at radius 3 is 1.73 bits per heavy atom. The molecule has 1 saturated heterocycles. The number of esters is 2. The summed E-state index contributed by atoms with van der Waals surface area (Å²) in [5, 5.41) is -1.60. The summed E-state index contributed by atoms with van der Waals surface area (Å²) in [5.74, 6) is -1.53. The molecule has 0 bridgehead atoms. The molecule has 8 heteroatoms. The molecule has 0 amide bonds. The molecule has 22 heavy (non-hydrogen) atoms. The summed E-state index contributed by atoms with van der Waals surface area (Å²) in [6, 6.07) is 0. The van der Waals surface area contributed by atoms with Gasteiger partial charge in [-0.05, 0) is 13.8 Å². The van der Waals surface area contributed by atoms with E-state index in [9.17, 15) is 19.2 Å². The number of ketones is 2. The summed E-state index contributed by atoms with van der Waals surface area (Å²) in [6.45, 7) is 3.74. The van der Waals surface area contributed by atoms with Crippen LogP contribution >= 0.6 is 23.5 Å². The minimum Gasteiger partial charge on any atom is -0.465 e. The molecule has 0 radical (unpaired) electrons. The zero-order valence-corrected chi connectivity index (χ0v) is 13.9. The Kier molecular flexibility index (Phi) is 5.69. The lowest BCUT2D eigenvalue weighted by atomic mass is 10.2. The largest absolute Gasteiger partial charge is 0.465 e. The highest BCUT2D eigenvalue weighted by Gasteiger charge is 2.47. The number of rotatable bonds is 4. The molecule has 1 heterocycles. The van der Waals surface area contributed by atoms with Gasteiger partial charge in [0.05, 0.1) is 23.0 Å². The summed E-state index contributed by atoms with van der Waals surface area (Å²) in [4.78, 5) is 47.7. The SMILES string of the molecule is CCOC(=O)[C@H]1SC(=C2C(=O)CCC2=O)S[C@@H]1C(=O)OCC. The molecule has 2 aliphatic rings. The Hall–Kier alpha value is -1.28. The van der Waals surface area contributed by atoms with Crippen molar-refractivity contribution in [3.05, 3.63) is 9.81 Å². The van der Waals surface area contributed by atoms with Crippen molar-refractivity contribution in [1.82, 2.24) is 0 Å². The van der Waals surface area contributed by atoms with Gasteiger partial charge in [0.15, 0.2) is 11.6 Å². The molecular formula is C14H16O6S2. The van der Waals surface area contributed by atoms with Crippen LogP contribution in [-0.4, -0.2) is 47.2 Å². The molecule has 1 saturated carbocycles. The van der Waals surface area contributed by atoms with E-state index in [0.29, 0.717) is 4.24 Å². The van der Waals surface area contributed by atoms with Gasteiger partial charge in [0.25, 0.3) is 0 Å². The van der Waals surface area contributed by atoms with Crippen LogP contribution in [0.25, 0.3) is 0 Å². The molecular weight excluding hydrogens is 328 g/mol. The average Bonchev–Trinajstić information content (AvgIpc) is 3.03. The Morgan fingerprint density at radius 2 is 1.36 bits per heavy atom. The highest BCUT2D eigenvalue weighted by atomic mass is 32.2. The van der Waals surface area contributed by atoms with Gasteiger partial charge >= 0.3 is 11.9 Å². The van der Waals surface area contributed by atoms with E-state index in [-0.39, 0.29) is 43.2 Å². The standard InChI is InChI=1S/C14H16O6S2/c1-3-19-12(17)10-11(13(18)20-4-2)22-14(21-10)9-7(15)5-6-8(9)16/h10-11H,3-6H2,1-2H3/t10-,11-/m0/s1. The lowest BCUT2D eigenvalue weighted by Crippen LogP contribution is -2.34. The number of hydrogen-bond acceptors (Lipinski definition) is 8. The molecule has 0 N–H and O–H groups in total. The van der Waals surface area contributed by atoms with Gasteiger partial charge in [0.2, 0.25) is 0 Å². The van der Waals surface area contributed by atoms with E-state index < -0.39 is 22.4 Å². The first kappa shape index (κ1) is 17.1. The number of thioether (sulfide) groups is 2. The van der Waals surface area contributed by atoms with Crippen LogP contribution in [0.15, 0.2) is 9.81 Å². The Morgan fingerprint density at radius 1 is 0.955 bits per heavy atom. The molecule has 0 spiro atoms. The van der Waals surface area contributed by atoms with E-state index in [2.05, 4.69) is 0 Å². The fourth-order valence-electron chi connectivity index (χ4n) is 2.15. The Balaban J connectivity index is 2.30. The van der Waals surface area contributed by atoms with Crippen molar-refractivity contribution in [2.24, 2.45) is 0 Å². The van der Waals surface area contributed by atoms with Gasteiger partial charge in [0, 0.05) is 12.8 Å². The third kappa shape index (κ3) is 3.38. The zero-order chi connectivity index (χ0) is 16.3. The van der Waals surface area contributed by atoms with Crippen LogP contribution in [0.5, 0.6) is 0 Å². The maximum Gasteiger partial charge on any atom is 0.321 e. The summed E-state index contributed by atoms with van der Waals surface area (Å²) in [6.07, 6.45) is 0.375. The minimum atomic E-state index is -0.798. The van der Waals surface area contributed by atoms with Gasteiger partial charge in [-0.2, -0.15) is 0 Å². The van der Waals surface area contributed by atoms with Crippen molar-refractivity contribution in [1.29, 1.82) is 0 Å². The molecule has 6 nitrogen and oxygen atoms in total. The minimum absolute atomic E-state index is 0.121. The van der Waals surface area contributed by atoms with Crippen molar-refractivity contribution in [2.75, 3.05) is 13.2 Å². The maximum absolute atomic E-state index is 12.0. The van der Waals surface area contributed by atoms with E-state index >= 15 is 0 Å². The zero-order valence-electron chi connectivity index (χ0n) is 12.2. The van der Waals surface area contributed by atoms with E-state index in [0.717, 1.165) is 23.5 Å². The normalized spacial score (nSPS) is 24.8. The van der Waals surface area contributed by atoms with Crippen LogP contribution in [-0.2, 0) is 28.7 Å². The molecule has 1 aliphatic heterocycles. The van der Waals surface area contributed by atoms with Gasteiger partial charge in [-0.3, -0.25) is 19.2 Å². The van der Waals surface area contributed by atoms with E-state index in [4.69, 9.17) is 9.47 Å². The van der Waals surface area contributed by atoms with Gasteiger partial charge < -0.3 is 9.47 Å². The summed E-state index contributed by atoms with van der Waals surface area (Å²) in [5.41, 5.74) is 0.121. The third-order valence-corrected chi connectivity index (χ3v) is 6.14. The number of allylic oxidation sites excluding steroid dienone is 1. The fourth-order valence-corrected chi connectivity index (χ4v) is 5.28. The Labute approximate surface area is 136 Å². The van der Waals surface area contributed by atoms with Crippen molar-refractivity contribution >= 4 is 47.0 Å². The molecule has 2 atom stereocenters. The maximum atomic E-state index is 12.0. The highest BCUT2D eigenvalue weighted by molar-refractivity contribution is 8.26. The molecule has 2 fully saturated rings. The van der Waals surface area contributed by atoms with Crippen LogP contribution in [0.3, 0.4) is 0 Å². The quantitative estimate of drug-likeness (QED) is 0.430. The topological polar surface area (TPSA) is 86.7 Å². The van der Waals surface area contributed by atoms with Crippen molar-refractivity contribution in [2.45, 2.75) is 37.2 Å². The fraction of sp³-hybridized carbons (Fsp3) is 0.571. The van der Waals surface area contributed by atoms with Gasteiger partial charge in [0.1, 0.15) is 10.5 Å². The van der Waals surface area contributed by atoms with Crippen molar-refractivity contribution in [3.63, 3.8) is 0 Å². The number of hydrogen-bond donors (Lipinski definition) is 0. The first-order chi connectivity index (χ1) is 10.5. The van der Waals surface area contributed by atoms with Gasteiger partial charge in [-0.15, -0.1) is 23.5 Å². The summed E-state index contributed by atoms with van der Waals surface area (Å²) >= 11 is 2.10. The predicted octanol–water partition coefficient (Wildman–Crippen LogP) is 1.47. The first-order valence-electron chi connectivity index (χ1n) is 6.96. The van der Waals surface area contributed by atoms with Crippen LogP contribution in [0.2, 0.25) is 0 Å². The molecule has 0 aromatic heterocycles. The lowest BCUT2D eigenvalue weighted by Gasteiger charge is -2.14. The molecule has 0 unspecified atom stereocenters. The molecule has 0 aromatic carbocycles.